The van der Waals surface area contributed by atoms with Gasteiger partial charge in [-0.05, 0) is 35.4 Å². The van der Waals surface area contributed by atoms with Crippen LogP contribution in [0.4, 0.5) is 22.0 Å². The van der Waals surface area contributed by atoms with E-state index in [0.717, 1.165) is 24.3 Å². The van der Waals surface area contributed by atoms with Crippen LogP contribution in [0.3, 0.4) is 0 Å². The minimum Gasteiger partial charge on any atom is -0.480 e. The number of alkyl halides is 3. The Morgan fingerprint density at radius 1 is 0.970 bits per heavy atom. The molecule has 0 spiro atoms. The molecule has 0 aliphatic rings. The predicted molar refractivity (Wildman–Crippen MR) is 107 cm³/mol. The first-order valence-electron chi connectivity index (χ1n) is 9.63. The highest BCUT2D eigenvalue weighted by Crippen LogP contribution is 2.32. The lowest BCUT2D eigenvalue weighted by Crippen LogP contribution is -2.43. The number of benzene rings is 2. The molecule has 0 bridgehead atoms. The van der Waals surface area contributed by atoms with E-state index in [1.807, 2.05) is 0 Å². The van der Waals surface area contributed by atoms with Crippen LogP contribution in [0.1, 0.15) is 32.7 Å². The van der Waals surface area contributed by atoms with E-state index in [0.29, 0.717) is 11.1 Å². The standard InChI is InChI=1S/C23H17F5N2O3/c24-16-7-2-8-17(25)20(16)21(31)30-19(22(32)33)12-14-5-1-4-13(10-14)11-18-15(23(26,27)28)6-3-9-29-18/h1-10,19H,11-12H2,(H,30,31)(H,32,33). The highest BCUT2D eigenvalue weighted by Gasteiger charge is 2.33. The number of carbonyl (C=O) groups excluding carboxylic acids is 1. The third kappa shape index (κ3) is 5.91. The van der Waals surface area contributed by atoms with Crippen molar-refractivity contribution in [3.63, 3.8) is 0 Å². The number of halogens is 5. The Labute approximate surface area is 184 Å². The summed E-state index contributed by atoms with van der Waals surface area (Å²) >= 11 is 0. The number of nitrogens with zero attached hydrogens (tertiary/aromatic N) is 1. The molecule has 1 atom stereocenters. The number of aromatic nitrogens is 1. The van der Waals surface area contributed by atoms with Gasteiger partial charge in [-0.2, -0.15) is 13.2 Å². The van der Waals surface area contributed by atoms with Gasteiger partial charge in [0.2, 0.25) is 0 Å². The molecule has 1 aromatic heterocycles. The molecule has 0 aliphatic carbocycles. The number of carboxylic acids is 1. The van der Waals surface area contributed by atoms with Gasteiger partial charge in [-0.15, -0.1) is 0 Å². The normalized spacial score (nSPS) is 12.3. The highest BCUT2D eigenvalue weighted by atomic mass is 19.4. The van der Waals surface area contributed by atoms with Crippen LogP contribution in [0.25, 0.3) is 0 Å². The van der Waals surface area contributed by atoms with Crippen molar-refractivity contribution in [1.29, 1.82) is 0 Å². The van der Waals surface area contributed by atoms with Gasteiger partial charge in [-0.1, -0.05) is 30.3 Å². The molecule has 2 N–H and O–H groups in total. The molecule has 0 saturated heterocycles. The highest BCUT2D eigenvalue weighted by molar-refractivity contribution is 5.97. The van der Waals surface area contributed by atoms with E-state index < -0.39 is 46.9 Å². The van der Waals surface area contributed by atoms with Crippen LogP contribution < -0.4 is 5.32 Å². The van der Waals surface area contributed by atoms with Crippen molar-refractivity contribution in [2.45, 2.75) is 25.1 Å². The molecule has 0 saturated carbocycles. The minimum absolute atomic E-state index is 0.159. The molecule has 3 rings (SSSR count). The number of aliphatic carboxylic acids is 1. The number of hydrogen-bond donors (Lipinski definition) is 2. The number of rotatable bonds is 7. The Kier molecular flexibility index (Phi) is 7.05. The summed E-state index contributed by atoms with van der Waals surface area (Å²) in [5.41, 5.74) is -1.16. The molecule has 0 radical (unpaired) electrons. The zero-order chi connectivity index (χ0) is 24.2. The van der Waals surface area contributed by atoms with Crippen LogP contribution >= 0.6 is 0 Å². The fraction of sp³-hybridized carbons (Fsp3) is 0.174. The lowest BCUT2D eigenvalue weighted by atomic mass is 9.99. The Balaban J connectivity index is 1.79. The molecular weight excluding hydrogens is 447 g/mol. The maximum Gasteiger partial charge on any atom is 0.418 e. The van der Waals surface area contributed by atoms with Gasteiger partial charge in [0.25, 0.3) is 5.91 Å². The summed E-state index contributed by atoms with van der Waals surface area (Å²) < 4.78 is 67.3. The topological polar surface area (TPSA) is 79.3 Å². The minimum atomic E-state index is -4.58. The number of carboxylic acid groups (broad SMARTS) is 1. The van der Waals surface area contributed by atoms with Gasteiger partial charge in [0.1, 0.15) is 23.2 Å². The van der Waals surface area contributed by atoms with E-state index in [9.17, 15) is 36.6 Å². The van der Waals surface area contributed by atoms with Gasteiger partial charge in [0.05, 0.1) is 11.3 Å². The summed E-state index contributed by atoms with van der Waals surface area (Å²) in [5, 5.41) is 11.5. The molecule has 10 heteroatoms. The van der Waals surface area contributed by atoms with Crippen LogP contribution in [0.5, 0.6) is 0 Å². The average Bonchev–Trinajstić information content (AvgIpc) is 2.73. The quantitative estimate of drug-likeness (QED) is 0.509. The lowest BCUT2D eigenvalue weighted by Gasteiger charge is -2.16. The molecule has 0 fully saturated rings. The van der Waals surface area contributed by atoms with E-state index in [2.05, 4.69) is 10.3 Å². The zero-order valence-electron chi connectivity index (χ0n) is 16.9. The fourth-order valence-electron chi connectivity index (χ4n) is 3.28. The van der Waals surface area contributed by atoms with Crippen LogP contribution in [-0.4, -0.2) is 28.0 Å². The van der Waals surface area contributed by atoms with E-state index in [-0.39, 0.29) is 18.5 Å². The Bertz CT molecular complexity index is 1160. The van der Waals surface area contributed by atoms with Gasteiger partial charge < -0.3 is 10.4 Å². The molecular formula is C23H17F5N2O3. The van der Waals surface area contributed by atoms with Crippen LogP contribution in [-0.2, 0) is 23.8 Å². The second-order valence-electron chi connectivity index (χ2n) is 7.16. The summed E-state index contributed by atoms with van der Waals surface area (Å²) in [6, 6.07) is 9.46. The summed E-state index contributed by atoms with van der Waals surface area (Å²) in [4.78, 5) is 27.7. The SMILES string of the molecule is O=C(NC(Cc1cccc(Cc2ncccc2C(F)(F)F)c1)C(=O)O)c1c(F)cccc1F. The second kappa shape index (κ2) is 9.76. The Morgan fingerprint density at radius 3 is 2.24 bits per heavy atom. The molecule has 3 aromatic rings. The molecule has 1 unspecified atom stereocenters. The van der Waals surface area contributed by atoms with E-state index in [4.69, 9.17) is 0 Å². The van der Waals surface area contributed by atoms with E-state index in [1.165, 1.54) is 30.5 Å². The maximum atomic E-state index is 13.8. The van der Waals surface area contributed by atoms with E-state index >= 15 is 0 Å². The number of carbonyl (C=O) groups is 2. The monoisotopic (exact) mass is 464 g/mol. The van der Waals surface area contributed by atoms with Crippen molar-refractivity contribution in [3.8, 4) is 0 Å². The third-order valence-electron chi connectivity index (χ3n) is 4.79. The van der Waals surface area contributed by atoms with Gasteiger partial charge in [0, 0.05) is 19.0 Å². The third-order valence-corrected chi connectivity index (χ3v) is 4.79. The summed E-state index contributed by atoms with van der Waals surface area (Å²) in [6.07, 6.45) is -3.76. The first kappa shape index (κ1) is 23.8. The smallest absolute Gasteiger partial charge is 0.418 e. The van der Waals surface area contributed by atoms with Gasteiger partial charge >= 0.3 is 12.1 Å². The summed E-state index contributed by atoms with van der Waals surface area (Å²) in [7, 11) is 0. The Morgan fingerprint density at radius 2 is 1.61 bits per heavy atom. The van der Waals surface area contributed by atoms with E-state index in [1.54, 1.807) is 6.07 Å². The lowest BCUT2D eigenvalue weighted by molar-refractivity contribution is -0.139. The first-order chi connectivity index (χ1) is 15.6. The van der Waals surface area contributed by atoms with Crippen LogP contribution in [0, 0.1) is 11.6 Å². The maximum absolute atomic E-state index is 13.8. The molecule has 33 heavy (non-hydrogen) atoms. The first-order valence-corrected chi connectivity index (χ1v) is 9.63. The number of pyridine rings is 1. The van der Waals surface area contributed by atoms with Gasteiger partial charge in [-0.25, -0.2) is 13.6 Å². The van der Waals surface area contributed by atoms with Crippen molar-refractivity contribution in [2.24, 2.45) is 0 Å². The molecule has 172 valence electrons. The van der Waals surface area contributed by atoms with Crippen molar-refractivity contribution < 1.29 is 36.6 Å². The van der Waals surface area contributed by atoms with Crippen LogP contribution in [0.15, 0.2) is 60.8 Å². The van der Waals surface area contributed by atoms with Gasteiger partial charge in [0.15, 0.2) is 0 Å². The fourth-order valence-corrected chi connectivity index (χ4v) is 3.28. The molecule has 2 aromatic carbocycles. The Hall–Kier alpha value is -3.82. The van der Waals surface area contributed by atoms with Crippen LogP contribution in [0.2, 0.25) is 0 Å². The molecule has 1 amide bonds. The van der Waals surface area contributed by atoms with Gasteiger partial charge in [-0.3, -0.25) is 9.78 Å². The largest absolute Gasteiger partial charge is 0.480 e. The van der Waals surface area contributed by atoms with Crippen molar-refractivity contribution >= 4 is 11.9 Å². The summed E-state index contributed by atoms with van der Waals surface area (Å²) in [5.74, 6) is -4.98. The average molecular weight is 464 g/mol. The van der Waals surface area contributed by atoms with Crippen molar-refractivity contribution in [3.05, 3.63) is 100 Å². The van der Waals surface area contributed by atoms with Crippen molar-refractivity contribution in [1.82, 2.24) is 10.3 Å². The summed E-state index contributed by atoms with van der Waals surface area (Å²) in [6.45, 7) is 0. The predicted octanol–water partition coefficient (Wildman–Crippen LogP) is 4.40. The number of hydrogen-bond acceptors (Lipinski definition) is 3. The second-order valence-corrected chi connectivity index (χ2v) is 7.16. The molecule has 1 heterocycles. The molecule has 0 aliphatic heterocycles. The number of nitrogens with one attached hydrogen (secondary N) is 1. The molecule has 5 nitrogen and oxygen atoms in total. The zero-order valence-corrected chi connectivity index (χ0v) is 16.9. The van der Waals surface area contributed by atoms with Crippen molar-refractivity contribution in [2.75, 3.05) is 0 Å². The number of amides is 1.